The first kappa shape index (κ1) is 15.2. The monoisotopic (exact) mass is 277 g/mol. The van der Waals surface area contributed by atoms with Crippen molar-refractivity contribution in [3.8, 4) is 0 Å². The molecule has 0 fully saturated rings. The zero-order chi connectivity index (χ0) is 14.6. The Morgan fingerprint density at radius 3 is 2.42 bits per heavy atom. The van der Waals surface area contributed by atoms with Crippen molar-refractivity contribution in [3.05, 3.63) is 47.6 Å². The average molecular weight is 277 g/mol. The number of carbonyl (C=O) groups is 1. The molecule has 0 saturated heterocycles. The maximum Gasteiger partial charge on any atom is 0.257 e. The van der Waals surface area contributed by atoms with Gasteiger partial charge in [0, 0.05) is 13.1 Å². The summed E-state index contributed by atoms with van der Waals surface area (Å²) in [7, 11) is 0. The van der Waals surface area contributed by atoms with Crippen LogP contribution in [0.3, 0.4) is 0 Å². The Morgan fingerprint density at radius 1 is 1.26 bits per heavy atom. The predicted octanol–water partition coefficient (Wildman–Crippen LogP) is 1.86. The van der Waals surface area contributed by atoms with Gasteiger partial charge in [-0.2, -0.15) is 0 Å². The van der Waals surface area contributed by atoms with Gasteiger partial charge in [0.2, 0.25) is 0 Å². The minimum atomic E-state index is -2.05. The smallest absolute Gasteiger partial charge is 0.257 e. The molecule has 0 bridgehead atoms. The molecule has 3 nitrogen and oxygen atoms in total. The van der Waals surface area contributed by atoms with Gasteiger partial charge in [-0.3, -0.25) is 4.79 Å². The number of hydrogen-bond donors (Lipinski definition) is 1. The maximum atomic E-state index is 13.4. The van der Waals surface area contributed by atoms with E-state index in [1.165, 1.54) is 6.08 Å². The highest BCUT2D eigenvalue weighted by atomic mass is 19.2. The molecule has 1 aromatic carbocycles. The number of amides is 1. The third kappa shape index (κ3) is 3.11. The summed E-state index contributed by atoms with van der Waals surface area (Å²) in [5.41, 5.74) is -0.938. The summed E-state index contributed by atoms with van der Waals surface area (Å²) in [5, 5.41) is 8.75. The molecule has 0 aliphatic carbocycles. The Labute approximate surface area is 106 Å². The van der Waals surface area contributed by atoms with Gasteiger partial charge in [-0.15, -0.1) is 6.58 Å². The van der Waals surface area contributed by atoms with E-state index in [0.717, 1.165) is 4.90 Å². The van der Waals surface area contributed by atoms with Crippen molar-refractivity contribution in [2.45, 2.75) is 0 Å². The van der Waals surface area contributed by atoms with E-state index in [2.05, 4.69) is 6.58 Å². The van der Waals surface area contributed by atoms with Crippen LogP contribution in [0.25, 0.3) is 0 Å². The van der Waals surface area contributed by atoms with Crippen LogP contribution >= 0.6 is 0 Å². The van der Waals surface area contributed by atoms with E-state index in [1.54, 1.807) is 0 Å². The van der Waals surface area contributed by atoms with E-state index >= 15 is 0 Å². The van der Waals surface area contributed by atoms with Gasteiger partial charge in [0.05, 0.1) is 12.2 Å². The Kier molecular flexibility index (Phi) is 5.05. The summed E-state index contributed by atoms with van der Waals surface area (Å²) in [6, 6.07) is 0.281. The normalized spacial score (nSPS) is 10.4. The molecule has 0 atom stereocenters. The van der Waals surface area contributed by atoms with Gasteiger partial charge >= 0.3 is 0 Å². The minimum Gasteiger partial charge on any atom is -0.395 e. The zero-order valence-electron chi connectivity index (χ0n) is 9.80. The molecule has 0 unspecified atom stereocenters. The molecule has 1 aromatic rings. The number of hydrogen-bond acceptors (Lipinski definition) is 2. The Morgan fingerprint density at radius 2 is 1.89 bits per heavy atom. The fourth-order valence-electron chi connectivity index (χ4n) is 1.45. The number of rotatable bonds is 5. The topological polar surface area (TPSA) is 40.5 Å². The fraction of sp³-hybridized carbons (Fsp3) is 0.250. The third-order valence-corrected chi connectivity index (χ3v) is 2.34. The lowest BCUT2D eigenvalue weighted by Crippen LogP contribution is -2.34. The van der Waals surface area contributed by atoms with Crippen molar-refractivity contribution >= 4 is 5.91 Å². The lowest BCUT2D eigenvalue weighted by molar-refractivity contribution is 0.0736. The van der Waals surface area contributed by atoms with E-state index in [1.807, 2.05) is 0 Å². The zero-order valence-corrected chi connectivity index (χ0v) is 9.80. The van der Waals surface area contributed by atoms with Gasteiger partial charge < -0.3 is 10.0 Å². The van der Waals surface area contributed by atoms with E-state index < -0.39 is 41.3 Å². The first-order chi connectivity index (χ1) is 8.93. The Balaban J connectivity index is 3.21. The van der Waals surface area contributed by atoms with Gasteiger partial charge in [-0.25, -0.2) is 17.6 Å². The standard InChI is InChI=1S/C12H11F4NO2/c1-2-3-17(4-5-18)12(19)7-6-8(13)10(15)11(16)9(7)14/h2,6,18H,1,3-5H2. The van der Waals surface area contributed by atoms with Crippen molar-refractivity contribution < 1.29 is 27.5 Å². The number of benzene rings is 1. The second-order valence-corrected chi connectivity index (χ2v) is 3.61. The van der Waals surface area contributed by atoms with Crippen molar-refractivity contribution in [3.63, 3.8) is 0 Å². The fourth-order valence-corrected chi connectivity index (χ4v) is 1.45. The second-order valence-electron chi connectivity index (χ2n) is 3.61. The molecule has 1 N–H and O–H groups in total. The molecular formula is C12H11F4NO2. The van der Waals surface area contributed by atoms with Crippen LogP contribution in [0.1, 0.15) is 10.4 Å². The summed E-state index contributed by atoms with van der Waals surface area (Å²) in [4.78, 5) is 12.8. The SMILES string of the molecule is C=CCN(CCO)C(=O)c1cc(F)c(F)c(F)c1F. The van der Waals surface area contributed by atoms with Crippen LogP contribution in [-0.2, 0) is 0 Å². The van der Waals surface area contributed by atoms with Crippen LogP contribution in [0.5, 0.6) is 0 Å². The largest absolute Gasteiger partial charge is 0.395 e. The molecule has 0 aliphatic heterocycles. The lowest BCUT2D eigenvalue weighted by atomic mass is 10.1. The molecule has 0 heterocycles. The maximum absolute atomic E-state index is 13.4. The molecule has 1 rings (SSSR count). The van der Waals surface area contributed by atoms with Crippen LogP contribution in [0.15, 0.2) is 18.7 Å². The predicted molar refractivity (Wildman–Crippen MR) is 59.5 cm³/mol. The highest BCUT2D eigenvalue weighted by molar-refractivity contribution is 5.94. The first-order valence-electron chi connectivity index (χ1n) is 5.28. The number of carbonyl (C=O) groups excluding carboxylic acids is 1. The molecule has 19 heavy (non-hydrogen) atoms. The summed E-state index contributed by atoms with van der Waals surface area (Å²) >= 11 is 0. The molecule has 0 aliphatic rings. The van der Waals surface area contributed by atoms with E-state index in [-0.39, 0.29) is 19.2 Å². The summed E-state index contributed by atoms with van der Waals surface area (Å²) < 4.78 is 52.2. The Hall–Kier alpha value is -1.89. The van der Waals surface area contributed by atoms with Crippen LogP contribution in [0.2, 0.25) is 0 Å². The van der Waals surface area contributed by atoms with Crippen molar-refractivity contribution in [2.75, 3.05) is 19.7 Å². The number of halogens is 4. The summed E-state index contributed by atoms with van der Waals surface area (Å²) in [6.45, 7) is 2.70. The van der Waals surface area contributed by atoms with Gasteiger partial charge in [0.25, 0.3) is 5.91 Å². The van der Waals surface area contributed by atoms with Gasteiger partial charge in [-0.05, 0) is 6.07 Å². The summed E-state index contributed by atoms with van der Waals surface area (Å²) in [6.07, 6.45) is 1.29. The van der Waals surface area contributed by atoms with Gasteiger partial charge in [0.15, 0.2) is 23.3 Å². The molecule has 0 spiro atoms. The second kappa shape index (κ2) is 6.33. The Bertz CT molecular complexity index is 505. The van der Waals surface area contributed by atoms with Crippen molar-refractivity contribution in [1.82, 2.24) is 4.90 Å². The number of nitrogens with zero attached hydrogens (tertiary/aromatic N) is 1. The molecule has 104 valence electrons. The third-order valence-electron chi connectivity index (χ3n) is 2.34. The van der Waals surface area contributed by atoms with Gasteiger partial charge in [0.1, 0.15) is 0 Å². The molecular weight excluding hydrogens is 266 g/mol. The van der Waals surface area contributed by atoms with Crippen LogP contribution in [0.4, 0.5) is 17.6 Å². The summed E-state index contributed by atoms with van der Waals surface area (Å²) in [5.74, 6) is -8.53. The molecule has 0 aromatic heterocycles. The molecule has 1 amide bonds. The average Bonchev–Trinajstić information content (AvgIpc) is 2.39. The van der Waals surface area contributed by atoms with Crippen LogP contribution < -0.4 is 0 Å². The highest BCUT2D eigenvalue weighted by Crippen LogP contribution is 2.20. The van der Waals surface area contributed by atoms with Crippen LogP contribution in [-0.4, -0.2) is 35.6 Å². The molecule has 7 heteroatoms. The molecule has 0 radical (unpaired) electrons. The van der Waals surface area contributed by atoms with Crippen molar-refractivity contribution in [1.29, 1.82) is 0 Å². The number of aliphatic hydroxyl groups excluding tert-OH is 1. The lowest BCUT2D eigenvalue weighted by Gasteiger charge is -2.20. The van der Waals surface area contributed by atoms with Crippen LogP contribution in [0, 0.1) is 23.3 Å². The van der Waals surface area contributed by atoms with E-state index in [9.17, 15) is 22.4 Å². The van der Waals surface area contributed by atoms with E-state index in [0.29, 0.717) is 0 Å². The molecule has 0 saturated carbocycles. The number of aliphatic hydroxyl groups is 1. The van der Waals surface area contributed by atoms with E-state index in [4.69, 9.17) is 5.11 Å². The highest BCUT2D eigenvalue weighted by Gasteiger charge is 2.25. The van der Waals surface area contributed by atoms with Gasteiger partial charge in [-0.1, -0.05) is 6.08 Å². The quantitative estimate of drug-likeness (QED) is 0.386. The van der Waals surface area contributed by atoms with Crippen molar-refractivity contribution in [2.24, 2.45) is 0 Å². The first-order valence-corrected chi connectivity index (χ1v) is 5.28. The minimum absolute atomic E-state index is 0.0561.